The minimum Gasteiger partial charge on any atom is -0.493 e. The van der Waals surface area contributed by atoms with Crippen molar-refractivity contribution in [2.45, 2.75) is 13.0 Å². The molecule has 3 rings (SSSR count). The van der Waals surface area contributed by atoms with E-state index in [0.717, 1.165) is 31.9 Å². The number of hydrogen-bond acceptors (Lipinski definition) is 2. The standard InChI is InChI=1S/C17H19NO/c1-2-6-14(7-3-1)11-18-12-15-10-16-8-4-5-9-17(16)19-13-15/h1-9,15,18H,10-13H2. The van der Waals surface area contributed by atoms with Gasteiger partial charge in [0.25, 0.3) is 0 Å². The topological polar surface area (TPSA) is 21.3 Å². The first-order chi connectivity index (χ1) is 9.42. The molecule has 1 aliphatic rings. The van der Waals surface area contributed by atoms with E-state index in [1.54, 1.807) is 0 Å². The Morgan fingerprint density at radius 1 is 1.00 bits per heavy atom. The zero-order valence-electron chi connectivity index (χ0n) is 11.0. The molecular weight excluding hydrogens is 234 g/mol. The van der Waals surface area contributed by atoms with Gasteiger partial charge >= 0.3 is 0 Å². The van der Waals surface area contributed by atoms with Gasteiger partial charge in [0.1, 0.15) is 5.75 Å². The van der Waals surface area contributed by atoms with Crippen molar-refractivity contribution in [3.05, 3.63) is 65.7 Å². The van der Waals surface area contributed by atoms with Crippen LogP contribution in [0.2, 0.25) is 0 Å². The fourth-order valence-electron chi connectivity index (χ4n) is 2.54. The lowest BCUT2D eigenvalue weighted by Crippen LogP contribution is -2.31. The van der Waals surface area contributed by atoms with Gasteiger partial charge in [-0.25, -0.2) is 0 Å². The van der Waals surface area contributed by atoms with E-state index < -0.39 is 0 Å². The Hall–Kier alpha value is -1.80. The van der Waals surface area contributed by atoms with Crippen LogP contribution in [0.5, 0.6) is 5.75 Å². The summed E-state index contributed by atoms with van der Waals surface area (Å²) in [5.41, 5.74) is 2.67. The van der Waals surface area contributed by atoms with Crippen LogP contribution in [-0.2, 0) is 13.0 Å². The maximum Gasteiger partial charge on any atom is 0.122 e. The molecule has 0 spiro atoms. The van der Waals surface area contributed by atoms with E-state index in [0.29, 0.717) is 5.92 Å². The molecule has 2 aromatic rings. The second-order valence-corrected chi connectivity index (χ2v) is 5.11. The summed E-state index contributed by atoms with van der Waals surface area (Å²) in [6, 6.07) is 18.9. The first-order valence-corrected chi connectivity index (χ1v) is 6.87. The number of rotatable bonds is 4. The lowest BCUT2D eigenvalue weighted by atomic mass is 9.97. The Labute approximate surface area is 114 Å². The largest absolute Gasteiger partial charge is 0.493 e. The summed E-state index contributed by atoms with van der Waals surface area (Å²) >= 11 is 0. The number of ether oxygens (including phenoxy) is 1. The van der Waals surface area contributed by atoms with Gasteiger partial charge < -0.3 is 10.1 Å². The Kier molecular flexibility index (Phi) is 3.80. The molecule has 1 atom stereocenters. The quantitative estimate of drug-likeness (QED) is 0.904. The van der Waals surface area contributed by atoms with Crippen molar-refractivity contribution >= 4 is 0 Å². The number of hydrogen-bond donors (Lipinski definition) is 1. The maximum absolute atomic E-state index is 5.80. The fourth-order valence-corrected chi connectivity index (χ4v) is 2.54. The molecule has 0 radical (unpaired) electrons. The van der Waals surface area contributed by atoms with Gasteiger partial charge in [0, 0.05) is 19.0 Å². The molecule has 1 unspecified atom stereocenters. The summed E-state index contributed by atoms with van der Waals surface area (Å²) in [5.74, 6) is 1.63. The van der Waals surface area contributed by atoms with Gasteiger partial charge in [0.15, 0.2) is 0 Å². The molecule has 2 nitrogen and oxygen atoms in total. The number of fused-ring (bicyclic) bond motifs is 1. The molecule has 98 valence electrons. The van der Waals surface area contributed by atoms with Crippen molar-refractivity contribution < 1.29 is 4.74 Å². The maximum atomic E-state index is 5.80. The highest BCUT2D eigenvalue weighted by Crippen LogP contribution is 2.26. The number of nitrogens with one attached hydrogen (secondary N) is 1. The molecule has 0 aromatic heterocycles. The van der Waals surface area contributed by atoms with Crippen LogP contribution < -0.4 is 10.1 Å². The third-order valence-electron chi connectivity index (χ3n) is 3.56. The number of para-hydroxylation sites is 1. The highest BCUT2D eigenvalue weighted by Gasteiger charge is 2.18. The van der Waals surface area contributed by atoms with Crippen LogP contribution in [0.3, 0.4) is 0 Å². The van der Waals surface area contributed by atoms with Gasteiger partial charge in [-0.15, -0.1) is 0 Å². The highest BCUT2D eigenvalue weighted by atomic mass is 16.5. The van der Waals surface area contributed by atoms with E-state index in [2.05, 4.69) is 53.8 Å². The van der Waals surface area contributed by atoms with E-state index in [9.17, 15) is 0 Å². The van der Waals surface area contributed by atoms with Crippen LogP contribution in [0, 0.1) is 5.92 Å². The molecule has 0 saturated heterocycles. The summed E-state index contributed by atoms with van der Waals surface area (Å²) in [5, 5.41) is 3.52. The van der Waals surface area contributed by atoms with Crippen LogP contribution in [0.1, 0.15) is 11.1 Å². The molecule has 0 bridgehead atoms. The van der Waals surface area contributed by atoms with Crippen molar-refractivity contribution in [2.24, 2.45) is 5.92 Å². The zero-order chi connectivity index (χ0) is 12.9. The Bertz CT molecular complexity index is 524. The smallest absolute Gasteiger partial charge is 0.122 e. The van der Waals surface area contributed by atoms with E-state index in [1.807, 2.05) is 6.07 Å². The fraction of sp³-hybridized carbons (Fsp3) is 0.294. The van der Waals surface area contributed by atoms with Crippen LogP contribution in [-0.4, -0.2) is 13.2 Å². The first kappa shape index (κ1) is 12.2. The van der Waals surface area contributed by atoms with Crippen molar-refractivity contribution in [3.8, 4) is 5.75 Å². The molecule has 0 saturated carbocycles. The predicted octanol–water partition coefficient (Wildman–Crippen LogP) is 3.03. The highest BCUT2D eigenvalue weighted by molar-refractivity contribution is 5.35. The van der Waals surface area contributed by atoms with Gasteiger partial charge in [-0.1, -0.05) is 48.5 Å². The van der Waals surface area contributed by atoms with Gasteiger partial charge in [-0.05, 0) is 23.6 Å². The number of benzene rings is 2. The van der Waals surface area contributed by atoms with Crippen LogP contribution in [0.15, 0.2) is 54.6 Å². The Morgan fingerprint density at radius 3 is 2.68 bits per heavy atom. The third-order valence-corrected chi connectivity index (χ3v) is 3.56. The average molecular weight is 253 g/mol. The zero-order valence-corrected chi connectivity index (χ0v) is 11.0. The van der Waals surface area contributed by atoms with E-state index in [1.165, 1.54) is 11.1 Å². The predicted molar refractivity (Wildman–Crippen MR) is 77.3 cm³/mol. The SMILES string of the molecule is c1ccc(CNCC2COc3ccccc3C2)cc1. The van der Waals surface area contributed by atoms with E-state index in [4.69, 9.17) is 4.74 Å². The normalized spacial score (nSPS) is 17.6. The van der Waals surface area contributed by atoms with Crippen LogP contribution >= 0.6 is 0 Å². The molecular formula is C17H19NO. The molecule has 2 aromatic carbocycles. The minimum absolute atomic E-state index is 0.568. The first-order valence-electron chi connectivity index (χ1n) is 6.87. The monoisotopic (exact) mass is 253 g/mol. The minimum atomic E-state index is 0.568. The lowest BCUT2D eigenvalue weighted by Gasteiger charge is -2.25. The molecule has 0 amide bonds. The molecule has 2 heteroatoms. The third kappa shape index (κ3) is 3.15. The molecule has 1 aliphatic heterocycles. The average Bonchev–Trinajstić information content (AvgIpc) is 2.48. The van der Waals surface area contributed by atoms with Gasteiger partial charge in [-0.2, -0.15) is 0 Å². The second-order valence-electron chi connectivity index (χ2n) is 5.11. The summed E-state index contributed by atoms with van der Waals surface area (Å²) < 4.78 is 5.80. The molecule has 0 fully saturated rings. The van der Waals surface area contributed by atoms with Gasteiger partial charge in [0.2, 0.25) is 0 Å². The molecule has 0 aliphatic carbocycles. The Morgan fingerprint density at radius 2 is 1.79 bits per heavy atom. The summed E-state index contributed by atoms with van der Waals surface area (Å²) in [6.07, 6.45) is 1.11. The van der Waals surface area contributed by atoms with Gasteiger partial charge in [-0.3, -0.25) is 0 Å². The van der Waals surface area contributed by atoms with Crippen LogP contribution in [0.4, 0.5) is 0 Å². The lowest BCUT2D eigenvalue weighted by molar-refractivity contribution is 0.218. The second kappa shape index (κ2) is 5.89. The summed E-state index contributed by atoms with van der Waals surface area (Å²) in [7, 11) is 0. The summed E-state index contributed by atoms with van der Waals surface area (Å²) in [4.78, 5) is 0. The van der Waals surface area contributed by atoms with Gasteiger partial charge in [0.05, 0.1) is 6.61 Å². The van der Waals surface area contributed by atoms with Crippen molar-refractivity contribution in [1.82, 2.24) is 5.32 Å². The van der Waals surface area contributed by atoms with Crippen molar-refractivity contribution in [2.75, 3.05) is 13.2 Å². The molecule has 1 heterocycles. The summed E-state index contributed by atoms with van der Waals surface area (Å²) in [6.45, 7) is 2.75. The van der Waals surface area contributed by atoms with E-state index in [-0.39, 0.29) is 0 Å². The molecule has 1 N–H and O–H groups in total. The van der Waals surface area contributed by atoms with Crippen molar-refractivity contribution in [3.63, 3.8) is 0 Å². The van der Waals surface area contributed by atoms with Crippen molar-refractivity contribution in [1.29, 1.82) is 0 Å². The molecule has 19 heavy (non-hydrogen) atoms. The van der Waals surface area contributed by atoms with E-state index >= 15 is 0 Å². The Balaban J connectivity index is 1.50. The van der Waals surface area contributed by atoms with Crippen LogP contribution in [0.25, 0.3) is 0 Å².